The summed E-state index contributed by atoms with van der Waals surface area (Å²) in [5.41, 5.74) is -2.32. The van der Waals surface area contributed by atoms with Crippen molar-refractivity contribution < 1.29 is 10.6 Å². The maximum Gasteiger partial charge on any atom is 0.0311 e. The fraction of sp³-hybridized carbons (Fsp3) is 0.143. The molecule has 0 amide bonds. The zero-order valence-electron chi connectivity index (χ0n) is 16.1. The Bertz CT molecular complexity index is 797. The summed E-state index contributed by atoms with van der Waals surface area (Å²) in [6, 6.07) is 24.1. The molecule has 3 aromatic carbocycles. The second kappa shape index (κ2) is 6.59. The third-order valence-electron chi connectivity index (χ3n) is 3.37. The van der Waals surface area contributed by atoms with Gasteiger partial charge in [-0.05, 0) is 23.9 Å². The van der Waals surface area contributed by atoms with Crippen LogP contribution in [0.3, 0.4) is 0 Å². The molecule has 3 aromatic rings. The molecule has 0 aliphatic carbocycles. The number of rotatable bonds is 5. The highest BCUT2D eigenvalue weighted by atomic mass is 16.3. The van der Waals surface area contributed by atoms with Crippen LogP contribution in [-0.2, 0) is 18.3 Å². The SMILES string of the molecule is [2H]C([2H])(c1ccccc1)C([O-])(c1ccccc1)C([2H])([2H])c1ccccc1. The third kappa shape index (κ3) is 3.44. The fourth-order valence-corrected chi connectivity index (χ4v) is 2.30. The molecule has 0 atom stereocenters. The first-order valence-corrected chi connectivity index (χ1v) is 7.19. The van der Waals surface area contributed by atoms with E-state index in [0.29, 0.717) is 0 Å². The standard InChI is InChI=1S/C21H19O/c22-21(20-14-8-3-9-15-20,16-18-10-4-1-5-11-18)17-19-12-6-2-7-13-19/h1-15H,16-17H2/q-1/i16D2,17D2. The average Bonchev–Trinajstić information content (AvgIpc) is 2.69. The topological polar surface area (TPSA) is 23.1 Å². The Hall–Kier alpha value is -2.38. The van der Waals surface area contributed by atoms with Gasteiger partial charge in [0.2, 0.25) is 0 Å². The molecule has 0 aliphatic heterocycles. The zero-order chi connectivity index (χ0) is 18.8. The Morgan fingerprint density at radius 3 is 1.41 bits per heavy atom. The minimum Gasteiger partial charge on any atom is -0.846 e. The molecule has 0 saturated carbocycles. The third-order valence-corrected chi connectivity index (χ3v) is 3.37. The minimum absolute atomic E-state index is 0.0720. The predicted octanol–water partition coefficient (Wildman–Crippen LogP) is 3.73. The summed E-state index contributed by atoms with van der Waals surface area (Å²) >= 11 is 0. The van der Waals surface area contributed by atoms with E-state index < -0.39 is 18.3 Å². The van der Waals surface area contributed by atoms with Gasteiger partial charge in [-0.1, -0.05) is 102 Å². The average molecular weight is 291 g/mol. The van der Waals surface area contributed by atoms with E-state index in [4.69, 9.17) is 5.48 Å². The molecule has 0 unspecified atom stereocenters. The number of hydrogen-bond donors (Lipinski definition) is 0. The van der Waals surface area contributed by atoms with E-state index in [2.05, 4.69) is 0 Å². The van der Waals surface area contributed by atoms with Crippen molar-refractivity contribution in [2.24, 2.45) is 0 Å². The van der Waals surface area contributed by atoms with E-state index in [9.17, 15) is 5.11 Å². The number of hydrogen-bond acceptors (Lipinski definition) is 1. The van der Waals surface area contributed by atoms with Gasteiger partial charge in [-0.3, -0.25) is 0 Å². The molecule has 110 valence electrons. The summed E-state index contributed by atoms with van der Waals surface area (Å²) in [4.78, 5) is 0. The van der Waals surface area contributed by atoms with Crippen molar-refractivity contribution >= 4 is 0 Å². The van der Waals surface area contributed by atoms with Crippen LogP contribution >= 0.6 is 0 Å². The van der Waals surface area contributed by atoms with Crippen LogP contribution in [0.5, 0.6) is 0 Å². The molecule has 1 nitrogen and oxygen atoms in total. The maximum absolute atomic E-state index is 14.2. The fourth-order valence-electron chi connectivity index (χ4n) is 2.30. The van der Waals surface area contributed by atoms with Crippen molar-refractivity contribution in [3.63, 3.8) is 0 Å². The largest absolute Gasteiger partial charge is 0.846 e. The van der Waals surface area contributed by atoms with Gasteiger partial charge in [-0.25, -0.2) is 0 Å². The van der Waals surface area contributed by atoms with Gasteiger partial charge in [0.25, 0.3) is 0 Å². The van der Waals surface area contributed by atoms with E-state index in [1.807, 2.05) is 0 Å². The Balaban J connectivity index is 2.28. The Kier molecular flexibility index (Phi) is 3.10. The summed E-state index contributed by atoms with van der Waals surface area (Å²) in [6.45, 7) is 0. The molecule has 0 bridgehead atoms. The quantitative estimate of drug-likeness (QED) is 0.702. The van der Waals surface area contributed by atoms with Crippen LogP contribution in [0, 0.1) is 0 Å². The van der Waals surface area contributed by atoms with Crippen molar-refractivity contribution in [1.82, 2.24) is 0 Å². The maximum atomic E-state index is 14.2. The molecular weight excluding hydrogens is 268 g/mol. The second-order valence-electron chi connectivity index (χ2n) is 5.03. The van der Waals surface area contributed by atoms with Gasteiger partial charge in [0.05, 0.1) is 0 Å². The van der Waals surface area contributed by atoms with Crippen LogP contribution in [0.4, 0.5) is 0 Å². The second-order valence-corrected chi connectivity index (χ2v) is 5.03. The molecule has 0 aromatic heterocycles. The molecule has 0 aliphatic rings. The smallest absolute Gasteiger partial charge is 0.0311 e. The molecule has 0 radical (unpaired) electrons. The molecule has 0 N–H and O–H groups in total. The van der Waals surface area contributed by atoms with Crippen molar-refractivity contribution in [3.05, 3.63) is 108 Å². The lowest BCUT2D eigenvalue weighted by molar-refractivity contribution is -0.487. The van der Waals surface area contributed by atoms with Crippen LogP contribution in [-0.4, -0.2) is 0 Å². The Morgan fingerprint density at radius 2 is 1.00 bits per heavy atom. The monoisotopic (exact) mass is 291 g/mol. The van der Waals surface area contributed by atoms with Gasteiger partial charge in [0.1, 0.15) is 0 Å². The van der Waals surface area contributed by atoms with E-state index in [1.165, 1.54) is 36.4 Å². The summed E-state index contributed by atoms with van der Waals surface area (Å²) in [5, 5.41) is 14.2. The van der Waals surface area contributed by atoms with Crippen LogP contribution < -0.4 is 5.11 Å². The molecule has 0 spiro atoms. The highest BCUT2D eigenvalue weighted by Crippen LogP contribution is 2.27. The summed E-state index contributed by atoms with van der Waals surface area (Å²) < 4.78 is 34.7. The molecule has 1 heteroatoms. The summed E-state index contributed by atoms with van der Waals surface area (Å²) in [7, 11) is 0. The summed E-state index contributed by atoms with van der Waals surface area (Å²) in [6.07, 6.45) is -4.98. The van der Waals surface area contributed by atoms with E-state index >= 15 is 0 Å². The lowest BCUT2D eigenvalue weighted by Crippen LogP contribution is -2.45. The van der Waals surface area contributed by atoms with Gasteiger partial charge >= 0.3 is 0 Å². The first-order valence-electron chi connectivity index (χ1n) is 9.19. The predicted molar refractivity (Wildman–Crippen MR) is 88.4 cm³/mol. The molecular formula is C21H19O-. The first kappa shape index (κ1) is 10.4. The number of benzene rings is 3. The normalized spacial score (nSPS) is 15.3. The highest BCUT2D eigenvalue weighted by molar-refractivity contribution is 5.29. The highest BCUT2D eigenvalue weighted by Gasteiger charge is 2.20. The first-order chi connectivity index (χ1) is 12.3. The van der Waals surface area contributed by atoms with Gasteiger partial charge in [-0.15, -0.1) is 0 Å². The van der Waals surface area contributed by atoms with Crippen LogP contribution in [0.2, 0.25) is 0 Å². The van der Waals surface area contributed by atoms with Crippen molar-refractivity contribution in [2.45, 2.75) is 18.3 Å². The van der Waals surface area contributed by atoms with E-state index in [-0.39, 0.29) is 16.7 Å². The Morgan fingerprint density at radius 1 is 0.636 bits per heavy atom. The van der Waals surface area contributed by atoms with Gasteiger partial charge in [-0.2, -0.15) is 0 Å². The Labute approximate surface area is 137 Å². The van der Waals surface area contributed by atoms with Crippen LogP contribution in [0.1, 0.15) is 22.2 Å². The molecule has 0 saturated heterocycles. The summed E-state index contributed by atoms with van der Waals surface area (Å²) in [5.74, 6) is 0. The molecule has 0 fully saturated rings. The van der Waals surface area contributed by atoms with Crippen LogP contribution in [0.15, 0.2) is 91.0 Å². The van der Waals surface area contributed by atoms with Crippen molar-refractivity contribution in [1.29, 1.82) is 0 Å². The minimum atomic E-state index is -2.69. The zero-order valence-corrected chi connectivity index (χ0v) is 12.1. The van der Waals surface area contributed by atoms with Crippen molar-refractivity contribution in [2.75, 3.05) is 0 Å². The van der Waals surface area contributed by atoms with E-state index in [0.717, 1.165) is 0 Å². The van der Waals surface area contributed by atoms with E-state index in [1.54, 1.807) is 54.6 Å². The lowest BCUT2D eigenvalue weighted by atomic mass is 9.82. The van der Waals surface area contributed by atoms with Crippen LogP contribution in [0.25, 0.3) is 0 Å². The molecule has 3 rings (SSSR count). The molecule has 0 heterocycles. The van der Waals surface area contributed by atoms with Gasteiger partial charge in [0, 0.05) is 5.48 Å². The lowest BCUT2D eigenvalue weighted by Gasteiger charge is -2.42. The van der Waals surface area contributed by atoms with Gasteiger partial charge < -0.3 is 5.11 Å². The van der Waals surface area contributed by atoms with Gasteiger partial charge in [0.15, 0.2) is 0 Å². The van der Waals surface area contributed by atoms with Crippen molar-refractivity contribution in [3.8, 4) is 0 Å². The molecule has 22 heavy (non-hydrogen) atoms.